The van der Waals surface area contributed by atoms with Crippen molar-refractivity contribution in [3.63, 3.8) is 0 Å². The van der Waals surface area contributed by atoms with Crippen LogP contribution in [0, 0.1) is 0 Å². The molecule has 0 saturated carbocycles. The number of ether oxygens (including phenoxy) is 1. The number of hydrogen-bond acceptors (Lipinski definition) is 7. The molecule has 0 atom stereocenters. The van der Waals surface area contributed by atoms with Crippen molar-refractivity contribution in [1.29, 1.82) is 0 Å². The Bertz CT molecular complexity index is 964. The molecule has 30 heavy (non-hydrogen) atoms. The topological polar surface area (TPSA) is 73.4 Å². The fourth-order valence-corrected chi connectivity index (χ4v) is 4.58. The summed E-state index contributed by atoms with van der Waals surface area (Å²) >= 11 is 1.55. The summed E-state index contributed by atoms with van der Waals surface area (Å²) in [6, 6.07) is 12.1. The number of benzene rings is 1. The molecule has 4 rings (SSSR count). The maximum atomic E-state index is 11.9. The molecular formula is C22H26N4O3S. The summed E-state index contributed by atoms with van der Waals surface area (Å²) in [5.74, 6) is 1.31. The Labute approximate surface area is 180 Å². The van der Waals surface area contributed by atoms with Crippen LogP contribution in [0.2, 0.25) is 0 Å². The van der Waals surface area contributed by atoms with E-state index in [1.54, 1.807) is 17.8 Å². The lowest BCUT2D eigenvalue weighted by Crippen LogP contribution is -2.30. The monoisotopic (exact) mass is 426 g/mol. The Hall–Kier alpha value is -2.58. The van der Waals surface area contributed by atoms with E-state index in [1.165, 1.54) is 38.2 Å². The minimum absolute atomic E-state index is 0.243. The number of carbonyl (C=O) groups is 1. The molecule has 0 amide bonds. The molecule has 2 aromatic heterocycles. The van der Waals surface area contributed by atoms with Crippen LogP contribution in [0.25, 0.3) is 0 Å². The molecule has 158 valence electrons. The van der Waals surface area contributed by atoms with E-state index in [2.05, 4.69) is 31.8 Å². The normalized spacial score (nSPS) is 14.7. The van der Waals surface area contributed by atoms with Gasteiger partial charge in [-0.15, -0.1) is 10.2 Å². The zero-order valence-corrected chi connectivity index (χ0v) is 17.9. The Kier molecular flexibility index (Phi) is 6.86. The van der Waals surface area contributed by atoms with E-state index in [1.807, 2.05) is 18.2 Å². The molecule has 0 radical (unpaired) electrons. The number of esters is 1. The maximum Gasteiger partial charge on any atom is 0.374 e. The first kappa shape index (κ1) is 20.7. The zero-order valence-electron chi connectivity index (χ0n) is 17.1. The van der Waals surface area contributed by atoms with E-state index < -0.39 is 5.97 Å². The number of nitrogens with zero attached hydrogens (tertiary/aromatic N) is 4. The van der Waals surface area contributed by atoms with Crippen LogP contribution in [0.15, 0.2) is 52.2 Å². The van der Waals surface area contributed by atoms with Crippen molar-refractivity contribution in [3.05, 3.63) is 65.4 Å². The number of methoxy groups -OCH3 is 1. The van der Waals surface area contributed by atoms with E-state index in [-0.39, 0.29) is 5.76 Å². The number of likely N-dealkylation sites (tertiary alicyclic amines) is 1. The fourth-order valence-electron chi connectivity index (χ4n) is 3.65. The summed E-state index contributed by atoms with van der Waals surface area (Å²) in [4.78, 5) is 14.3. The second kappa shape index (κ2) is 9.95. The molecule has 1 aliphatic rings. The predicted molar refractivity (Wildman–Crippen MR) is 114 cm³/mol. The summed E-state index contributed by atoms with van der Waals surface area (Å²) in [6.45, 7) is 3.74. The van der Waals surface area contributed by atoms with Gasteiger partial charge >= 0.3 is 5.97 Å². The maximum absolute atomic E-state index is 11.9. The van der Waals surface area contributed by atoms with Gasteiger partial charge in [0.15, 0.2) is 5.16 Å². The Morgan fingerprint density at radius 3 is 2.67 bits per heavy atom. The quantitative estimate of drug-likeness (QED) is 0.398. The van der Waals surface area contributed by atoms with E-state index in [0.717, 1.165) is 36.2 Å². The SMILES string of the molecule is COC(=O)c1occc1CSc1nnc(CN2CCCCC2)n1Cc1ccccc1. The molecule has 3 aromatic rings. The second-order valence-corrected chi connectivity index (χ2v) is 8.31. The third-order valence-electron chi connectivity index (χ3n) is 5.27. The van der Waals surface area contributed by atoms with Gasteiger partial charge in [-0.3, -0.25) is 4.90 Å². The fraction of sp³-hybridized carbons (Fsp3) is 0.409. The molecule has 1 saturated heterocycles. The van der Waals surface area contributed by atoms with Crippen molar-refractivity contribution in [1.82, 2.24) is 19.7 Å². The lowest BCUT2D eigenvalue weighted by atomic mass is 10.1. The average Bonchev–Trinajstić information content (AvgIpc) is 3.40. The summed E-state index contributed by atoms with van der Waals surface area (Å²) in [6.07, 6.45) is 5.30. The van der Waals surface area contributed by atoms with Gasteiger partial charge in [-0.1, -0.05) is 48.5 Å². The highest BCUT2D eigenvalue weighted by Crippen LogP contribution is 2.26. The van der Waals surface area contributed by atoms with Crippen LogP contribution in [-0.4, -0.2) is 45.8 Å². The zero-order chi connectivity index (χ0) is 20.8. The average molecular weight is 427 g/mol. The number of aromatic nitrogens is 3. The van der Waals surface area contributed by atoms with E-state index in [0.29, 0.717) is 12.3 Å². The van der Waals surface area contributed by atoms with Crippen molar-refractivity contribution in [2.24, 2.45) is 0 Å². The standard InChI is InChI=1S/C22H26N4O3S/c1-28-21(27)20-18(10-13-29-20)16-30-22-24-23-19(15-25-11-6-3-7-12-25)26(22)14-17-8-4-2-5-9-17/h2,4-5,8-10,13H,3,6-7,11-12,14-16H2,1H3. The minimum Gasteiger partial charge on any atom is -0.463 e. The first-order valence-electron chi connectivity index (χ1n) is 10.2. The van der Waals surface area contributed by atoms with Gasteiger partial charge in [0.1, 0.15) is 5.82 Å². The number of rotatable bonds is 8. The number of hydrogen-bond donors (Lipinski definition) is 0. The third kappa shape index (κ3) is 4.94. The van der Waals surface area contributed by atoms with Crippen molar-refractivity contribution >= 4 is 17.7 Å². The molecular weight excluding hydrogens is 400 g/mol. The van der Waals surface area contributed by atoms with Gasteiger partial charge in [0.2, 0.25) is 5.76 Å². The largest absolute Gasteiger partial charge is 0.463 e. The van der Waals surface area contributed by atoms with Gasteiger partial charge in [0.25, 0.3) is 0 Å². The Morgan fingerprint density at radius 1 is 1.10 bits per heavy atom. The molecule has 7 nitrogen and oxygen atoms in total. The van der Waals surface area contributed by atoms with Gasteiger partial charge in [-0.25, -0.2) is 4.79 Å². The molecule has 0 N–H and O–H groups in total. The Balaban J connectivity index is 1.54. The highest BCUT2D eigenvalue weighted by molar-refractivity contribution is 7.98. The van der Waals surface area contributed by atoms with Gasteiger partial charge < -0.3 is 13.7 Å². The van der Waals surface area contributed by atoms with Gasteiger partial charge in [0, 0.05) is 11.3 Å². The molecule has 0 bridgehead atoms. The van der Waals surface area contributed by atoms with Gasteiger partial charge in [0.05, 0.1) is 26.5 Å². The first-order valence-corrected chi connectivity index (χ1v) is 11.2. The van der Waals surface area contributed by atoms with Crippen molar-refractivity contribution in [2.45, 2.75) is 43.3 Å². The van der Waals surface area contributed by atoms with Crippen molar-refractivity contribution in [3.8, 4) is 0 Å². The molecule has 0 aliphatic carbocycles. The van der Waals surface area contributed by atoms with Gasteiger partial charge in [-0.2, -0.15) is 0 Å². The molecule has 1 aliphatic heterocycles. The highest BCUT2D eigenvalue weighted by atomic mass is 32.2. The van der Waals surface area contributed by atoms with Crippen molar-refractivity contribution < 1.29 is 13.9 Å². The highest BCUT2D eigenvalue weighted by Gasteiger charge is 2.20. The molecule has 3 heterocycles. The van der Waals surface area contributed by atoms with Gasteiger partial charge in [-0.05, 0) is 37.6 Å². The molecule has 1 fully saturated rings. The first-order chi connectivity index (χ1) is 14.7. The lowest BCUT2D eigenvalue weighted by molar-refractivity contribution is 0.0564. The third-order valence-corrected chi connectivity index (χ3v) is 6.28. The van der Waals surface area contributed by atoms with E-state index in [9.17, 15) is 4.79 Å². The summed E-state index contributed by atoms with van der Waals surface area (Å²) in [7, 11) is 1.35. The molecule has 8 heteroatoms. The van der Waals surface area contributed by atoms with Crippen LogP contribution in [0.4, 0.5) is 0 Å². The summed E-state index contributed by atoms with van der Waals surface area (Å²) < 4.78 is 12.3. The molecule has 0 unspecified atom stereocenters. The summed E-state index contributed by atoms with van der Waals surface area (Å²) in [5.41, 5.74) is 2.00. The molecule has 1 aromatic carbocycles. The Morgan fingerprint density at radius 2 is 1.90 bits per heavy atom. The number of piperidine rings is 1. The predicted octanol–water partition coefficient (Wildman–Crippen LogP) is 3.98. The van der Waals surface area contributed by atoms with E-state index in [4.69, 9.17) is 9.15 Å². The molecule has 0 spiro atoms. The van der Waals surface area contributed by atoms with Crippen LogP contribution in [0.3, 0.4) is 0 Å². The van der Waals surface area contributed by atoms with Crippen LogP contribution in [0.5, 0.6) is 0 Å². The van der Waals surface area contributed by atoms with E-state index >= 15 is 0 Å². The van der Waals surface area contributed by atoms with Crippen LogP contribution in [-0.2, 0) is 23.6 Å². The number of furan rings is 1. The summed E-state index contributed by atoms with van der Waals surface area (Å²) in [5, 5.41) is 9.83. The number of thioether (sulfide) groups is 1. The van der Waals surface area contributed by atoms with Crippen LogP contribution >= 0.6 is 11.8 Å². The van der Waals surface area contributed by atoms with Crippen LogP contribution in [0.1, 0.15) is 46.8 Å². The minimum atomic E-state index is -0.466. The second-order valence-electron chi connectivity index (χ2n) is 7.36. The van der Waals surface area contributed by atoms with Crippen LogP contribution < -0.4 is 0 Å². The lowest BCUT2D eigenvalue weighted by Gasteiger charge is -2.26. The van der Waals surface area contributed by atoms with Crippen molar-refractivity contribution in [2.75, 3.05) is 20.2 Å². The smallest absolute Gasteiger partial charge is 0.374 e. The number of carbonyl (C=O) groups excluding carboxylic acids is 1.